The predicted octanol–water partition coefficient (Wildman–Crippen LogP) is 4.24. The van der Waals surface area contributed by atoms with Gasteiger partial charge in [-0.3, -0.25) is 4.79 Å². The fraction of sp³-hybridized carbons (Fsp3) is 0.500. The van der Waals surface area contributed by atoms with E-state index in [1.54, 1.807) is 0 Å². The molecule has 1 saturated carbocycles. The van der Waals surface area contributed by atoms with Gasteiger partial charge < -0.3 is 9.67 Å². The number of aromatic nitrogens is 2. The van der Waals surface area contributed by atoms with Crippen LogP contribution in [0.1, 0.15) is 50.9 Å². The fourth-order valence-corrected chi connectivity index (χ4v) is 3.53. The number of halogens is 1. The van der Waals surface area contributed by atoms with E-state index >= 15 is 0 Å². The summed E-state index contributed by atoms with van der Waals surface area (Å²) in [7, 11) is 0. The molecule has 21 heavy (non-hydrogen) atoms. The Labute approximate surface area is 128 Å². The first-order valence-electron chi connectivity index (χ1n) is 7.37. The van der Waals surface area contributed by atoms with Gasteiger partial charge in [-0.2, -0.15) is 0 Å². The molecule has 2 atom stereocenters. The molecule has 1 fully saturated rings. The second kappa shape index (κ2) is 5.34. The lowest BCUT2D eigenvalue weighted by Gasteiger charge is -2.17. The fourth-order valence-electron chi connectivity index (χ4n) is 3.36. The van der Waals surface area contributed by atoms with E-state index in [0.29, 0.717) is 11.4 Å². The van der Waals surface area contributed by atoms with Crippen molar-refractivity contribution in [1.82, 2.24) is 9.55 Å². The van der Waals surface area contributed by atoms with E-state index < -0.39 is 5.97 Å². The third kappa shape index (κ3) is 2.53. The lowest BCUT2D eigenvalue weighted by molar-refractivity contribution is -0.141. The highest BCUT2D eigenvalue weighted by Gasteiger charge is 2.33. The van der Waals surface area contributed by atoms with Crippen molar-refractivity contribution < 1.29 is 9.90 Å². The van der Waals surface area contributed by atoms with Crippen molar-refractivity contribution >= 4 is 28.6 Å². The Morgan fingerprint density at radius 1 is 1.43 bits per heavy atom. The first-order chi connectivity index (χ1) is 9.97. The van der Waals surface area contributed by atoms with Crippen molar-refractivity contribution in [1.29, 1.82) is 0 Å². The molecule has 1 aromatic heterocycles. The maximum Gasteiger partial charge on any atom is 0.306 e. The molecule has 0 saturated heterocycles. The molecule has 2 unspecified atom stereocenters. The molecule has 0 bridgehead atoms. The summed E-state index contributed by atoms with van der Waals surface area (Å²) in [5, 5.41) is 9.87. The minimum atomic E-state index is -0.687. The van der Waals surface area contributed by atoms with E-state index in [0.717, 1.165) is 29.7 Å². The summed E-state index contributed by atoms with van der Waals surface area (Å²) in [5.74, 6) is 0.303. The number of hydrogen-bond donors (Lipinski definition) is 1. The molecule has 4 nitrogen and oxygen atoms in total. The van der Waals surface area contributed by atoms with Gasteiger partial charge in [-0.15, -0.1) is 0 Å². The first-order valence-corrected chi connectivity index (χ1v) is 7.75. The smallest absolute Gasteiger partial charge is 0.306 e. The summed E-state index contributed by atoms with van der Waals surface area (Å²) >= 11 is 6.06. The van der Waals surface area contributed by atoms with Gasteiger partial charge in [-0.1, -0.05) is 11.6 Å². The maximum atomic E-state index is 11.2. The maximum absolute atomic E-state index is 11.2. The van der Waals surface area contributed by atoms with Crippen LogP contribution in [0.3, 0.4) is 0 Å². The number of carbonyl (C=O) groups is 1. The quantitative estimate of drug-likeness (QED) is 0.922. The third-order valence-electron chi connectivity index (χ3n) is 4.34. The van der Waals surface area contributed by atoms with Crippen LogP contribution in [0.25, 0.3) is 11.0 Å². The van der Waals surface area contributed by atoms with Crippen molar-refractivity contribution in [2.75, 3.05) is 0 Å². The van der Waals surface area contributed by atoms with E-state index in [9.17, 15) is 9.90 Å². The highest BCUT2D eigenvalue weighted by molar-refractivity contribution is 6.31. The van der Waals surface area contributed by atoms with Gasteiger partial charge in [0, 0.05) is 17.0 Å². The molecule has 112 valence electrons. The summed E-state index contributed by atoms with van der Waals surface area (Å²) < 4.78 is 2.22. The Bertz CT molecular complexity index is 693. The van der Waals surface area contributed by atoms with Crippen molar-refractivity contribution in [3.63, 3.8) is 0 Å². The number of carboxylic acids is 1. The van der Waals surface area contributed by atoms with E-state index in [1.165, 1.54) is 0 Å². The Morgan fingerprint density at radius 3 is 2.81 bits per heavy atom. The first kappa shape index (κ1) is 14.4. The number of hydrogen-bond acceptors (Lipinski definition) is 2. The van der Waals surface area contributed by atoms with Crippen LogP contribution in [0.5, 0.6) is 0 Å². The second-order valence-corrected chi connectivity index (χ2v) is 6.55. The standard InChI is InChI=1S/C16H19ClN2O2/c1-9(2)19-14-6-5-12(17)8-13(14)18-15(19)10-3-4-11(7-10)16(20)21/h5-6,8-11H,3-4,7H2,1-2H3,(H,20,21). The number of fused-ring (bicyclic) bond motifs is 1. The third-order valence-corrected chi connectivity index (χ3v) is 4.58. The van der Waals surface area contributed by atoms with E-state index in [4.69, 9.17) is 16.6 Å². The van der Waals surface area contributed by atoms with Gasteiger partial charge in [-0.25, -0.2) is 4.98 Å². The summed E-state index contributed by atoms with van der Waals surface area (Å²) in [5.41, 5.74) is 1.97. The number of imidazole rings is 1. The molecule has 0 amide bonds. The lowest BCUT2D eigenvalue weighted by Crippen LogP contribution is -2.12. The van der Waals surface area contributed by atoms with Crippen LogP contribution >= 0.6 is 11.6 Å². The topological polar surface area (TPSA) is 55.1 Å². The molecular formula is C16H19ClN2O2. The summed E-state index contributed by atoms with van der Waals surface area (Å²) in [6.45, 7) is 4.26. The molecule has 0 aliphatic heterocycles. The van der Waals surface area contributed by atoms with Gasteiger partial charge in [-0.05, 0) is 51.3 Å². The van der Waals surface area contributed by atoms with Crippen LogP contribution in [0.15, 0.2) is 18.2 Å². The molecule has 0 spiro atoms. The van der Waals surface area contributed by atoms with Gasteiger partial charge in [0.2, 0.25) is 0 Å². The summed E-state index contributed by atoms with van der Waals surface area (Å²) in [6.07, 6.45) is 2.31. The van der Waals surface area contributed by atoms with Crippen LogP contribution in [0.2, 0.25) is 5.02 Å². The van der Waals surface area contributed by atoms with Crippen LogP contribution in [0.4, 0.5) is 0 Å². The van der Waals surface area contributed by atoms with Gasteiger partial charge in [0.25, 0.3) is 0 Å². The molecule has 1 aromatic carbocycles. The molecule has 1 heterocycles. The zero-order valence-corrected chi connectivity index (χ0v) is 13.0. The number of benzene rings is 1. The molecule has 3 rings (SSSR count). The van der Waals surface area contributed by atoms with Gasteiger partial charge >= 0.3 is 5.97 Å². The molecule has 1 aliphatic rings. The van der Waals surface area contributed by atoms with Crippen molar-refractivity contribution in [3.8, 4) is 0 Å². The lowest BCUT2D eigenvalue weighted by atomic mass is 10.0. The predicted molar refractivity (Wildman–Crippen MR) is 82.8 cm³/mol. The van der Waals surface area contributed by atoms with Crippen molar-refractivity contribution in [2.24, 2.45) is 5.92 Å². The number of aliphatic carboxylic acids is 1. The number of carboxylic acid groups (broad SMARTS) is 1. The van der Waals surface area contributed by atoms with Crippen LogP contribution < -0.4 is 0 Å². The molecule has 1 N–H and O–H groups in total. The zero-order valence-electron chi connectivity index (χ0n) is 12.2. The van der Waals surface area contributed by atoms with Crippen LogP contribution in [-0.2, 0) is 4.79 Å². The molecule has 0 radical (unpaired) electrons. The normalized spacial score (nSPS) is 22.3. The Morgan fingerprint density at radius 2 is 2.19 bits per heavy atom. The SMILES string of the molecule is CC(C)n1c(C2CCC(C(=O)O)C2)nc2cc(Cl)ccc21. The number of rotatable bonds is 3. The molecule has 1 aliphatic carbocycles. The molecular weight excluding hydrogens is 288 g/mol. The Hall–Kier alpha value is -1.55. The number of nitrogens with zero attached hydrogens (tertiary/aromatic N) is 2. The van der Waals surface area contributed by atoms with E-state index in [2.05, 4.69) is 18.4 Å². The van der Waals surface area contributed by atoms with Crippen molar-refractivity contribution in [3.05, 3.63) is 29.0 Å². The highest BCUT2D eigenvalue weighted by atomic mass is 35.5. The van der Waals surface area contributed by atoms with E-state index in [-0.39, 0.29) is 17.9 Å². The minimum absolute atomic E-state index is 0.222. The van der Waals surface area contributed by atoms with Crippen LogP contribution in [-0.4, -0.2) is 20.6 Å². The van der Waals surface area contributed by atoms with Gasteiger partial charge in [0.15, 0.2) is 0 Å². The minimum Gasteiger partial charge on any atom is -0.481 e. The average molecular weight is 307 g/mol. The van der Waals surface area contributed by atoms with E-state index in [1.807, 2.05) is 18.2 Å². The zero-order chi connectivity index (χ0) is 15.1. The van der Waals surface area contributed by atoms with Crippen LogP contribution in [0, 0.1) is 5.92 Å². The second-order valence-electron chi connectivity index (χ2n) is 6.11. The van der Waals surface area contributed by atoms with Gasteiger partial charge in [0.1, 0.15) is 5.82 Å². The van der Waals surface area contributed by atoms with Crippen molar-refractivity contribution in [2.45, 2.75) is 45.1 Å². The Balaban J connectivity index is 2.06. The Kier molecular flexibility index (Phi) is 3.66. The largest absolute Gasteiger partial charge is 0.481 e. The molecule has 5 heteroatoms. The molecule has 2 aromatic rings. The summed E-state index contributed by atoms with van der Waals surface area (Å²) in [4.78, 5) is 15.9. The average Bonchev–Trinajstić information content (AvgIpc) is 3.01. The van der Waals surface area contributed by atoms with Gasteiger partial charge in [0.05, 0.1) is 17.0 Å². The summed E-state index contributed by atoms with van der Waals surface area (Å²) in [6, 6.07) is 6.04. The highest BCUT2D eigenvalue weighted by Crippen LogP contribution is 2.40. The monoisotopic (exact) mass is 306 g/mol.